The summed E-state index contributed by atoms with van der Waals surface area (Å²) in [5, 5.41) is 0. The third-order valence-electron chi connectivity index (χ3n) is 2.87. The van der Waals surface area contributed by atoms with E-state index in [1.807, 2.05) is 43.1 Å². The number of hydrogen-bond acceptors (Lipinski definition) is 6. The molecule has 1 radical (unpaired) electrons. The molecule has 0 bridgehead atoms. The minimum absolute atomic E-state index is 0. The van der Waals surface area contributed by atoms with Gasteiger partial charge in [0.1, 0.15) is 0 Å². The molecule has 0 N–H and O–H groups in total. The molecule has 0 spiro atoms. The number of ether oxygens (including phenoxy) is 1. The molecule has 123 valence electrons. The van der Waals surface area contributed by atoms with Gasteiger partial charge in [-0.15, -0.1) is 0 Å². The average molecular weight is 509 g/mol. The van der Waals surface area contributed by atoms with Crippen LogP contribution < -0.4 is 4.90 Å². The SMILES string of the molecule is CN(C)c1ccc(C(=O)OCCCN(C)C([S-])[S-])cc1.[Au]. The Bertz CT molecular complexity index is 427. The molecular formula is C14H20AuN2O2S2-2. The number of carbonyl (C=O) groups excluding carboxylic acids is 1. The smallest absolute Gasteiger partial charge is 0.338 e. The van der Waals surface area contributed by atoms with Crippen LogP contribution in [0.5, 0.6) is 0 Å². The standard InChI is InChI=1S/C14H22N2O2S2.Au/c1-15(2)12-7-5-11(6-8-12)13(17)18-10-4-9-16(3)14(19)20;/h5-8,14,19-20H,4,9-10H2,1-3H3;/p-2. The van der Waals surface area contributed by atoms with E-state index < -0.39 is 0 Å². The summed E-state index contributed by atoms with van der Waals surface area (Å²) in [5.41, 5.74) is 1.61. The van der Waals surface area contributed by atoms with Gasteiger partial charge in [-0.1, -0.05) is 0 Å². The number of hydrogen-bond donors (Lipinski definition) is 0. The van der Waals surface area contributed by atoms with E-state index in [-0.39, 0.29) is 33.1 Å². The Balaban J connectivity index is 0.00000400. The van der Waals surface area contributed by atoms with E-state index in [0.717, 1.165) is 18.7 Å². The second kappa shape index (κ2) is 10.6. The second-order valence-electron chi connectivity index (χ2n) is 4.72. The van der Waals surface area contributed by atoms with Gasteiger partial charge in [0.15, 0.2) is 0 Å². The average Bonchev–Trinajstić information content (AvgIpc) is 2.43. The van der Waals surface area contributed by atoms with Gasteiger partial charge in [0, 0.05) is 42.2 Å². The maximum Gasteiger partial charge on any atom is 0.338 e. The van der Waals surface area contributed by atoms with Crippen molar-refractivity contribution in [3.63, 3.8) is 0 Å². The van der Waals surface area contributed by atoms with Gasteiger partial charge in [-0.05, 0) is 44.3 Å². The summed E-state index contributed by atoms with van der Waals surface area (Å²) in [7, 11) is 5.78. The molecule has 21 heavy (non-hydrogen) atoms. The van der Waals surface area contributed by atoms with Gasteiger partial charge in [0.2, 0.25) is 0 Å². The van der Waals surface area contributed by atoms with Crippen LogP contribution in [0.2, 0.25) is 0 Å². The van der Waals surface area contributed by atoms with Gasteiger partial charge in [-0.3, -0.25) is 0 Å². The van der Waals surface area contributed by atoms with Crippen molar-refractivity contribution in [2.24, 2.45) is 0 Å². The van der Waals surface area contributed by atoms with E-state index in [1.54, 1.807) is 12.1 Å². The molecule has 0 fully saturated rings. The van der Waals surface area contributed by atoms with Gasteiger partial charge in [-0.25, -0.2) is 9.50 Å². The minimum Gasteiger partial charge on any atom is -0.800 e. The van der Waals surface area contributed by atoms with E-state index in [4.69, 9.17) is 30.0 Å². The van der Waals surface area contributed by atoms with Crippen molar-refractivity contribution < 1.29 is 31.9 Å². The number of nitrogens with zero attached hydrogens (tertiary/aromatic N) is 2. The van der Waals surface area contributed by atoms with Crippen LogP contribution >= 0.6 is 0 Å². The predicted octanol–water partition coefficient (Wildman–Crippen LogP) is 1.61. The molecule has 0 aliphatic heterocycles. The Morgan fingerprint density at radius 1 is 1.19 bits per heavy atom. The Hall–Kier alpha value is -0.110. The quantitative estimate of drug-likeness (QED) is 0.241. The third-order valence-corrected chi connectivity index (χ3v) is 3.59. The van der Waals surface area contributed by atoms with E-state index in [0.29, 0.717) is 12.2 Å². The second-order valence-corrected chi connectivity index (χ2v) is 5.91. The Morgan fingerprint density at radius 2 is 1.76 bits per heavy atom. The van der Waals surface area contributed by atoms with Crippen LogP contribution in [-0.4, -0.2) is 49.9 Å². The molecule has 0 amide bonds. The molecule has 1 aromatic rings. The molecule has 0 saturated heterocycles. The molecule has 0 heterocycles. The van der Waals surface area contributed by atoms with E-state index >= 15 is 0 Å². The Morgan fingerprint density at radius 3 is 2.24 bits per heavy atom. The van der Waals surface area contributed by atoms with Crippen LogP contribution in [0.15, 0.2) is 24.3 Å². The van der Waals surface area contributed by atoms with Crippen LogP contribution in [0.4, 0.5) is 5.69 Å². The minimum atomic E-state index is -0.315. The van der Waals surface area contributed by atoms with E-state index in [1.165, 1.54) is 0 Å². The van der Waals surface area contributed by atoms with Crippen LogP contribution in [0, 0.1) is 0 Å². The zero-order chi connectivity index (χ0) is 15.1. The van der Waals surface area contributed by atoms with Crippen LogP contribution in [0.3, 0.4) is 0 Å². The van der Waals surface area contributed by atoms with Gasteiger partial charge in [-0.2, -0.15) is 0 Å². The molecule has 7 heteroatoms. The van der Waals surface area contributed by atoms with Crippen molar-refractivity contribution in [3.05, 3.63) is 29.8 Å². The number of esters is 1. The van der Waals surface area contributed by atoms with Crippen molar-refractivity contribution in [2.45, 2.75) is 11.1 Å². The zero-order valence-corrected chi connectivity index (χ0v) is 16.1. The van der Waals surface area contributed by atoms with Gasteiger partial charge in [0.05, 0.1) is 12.2 Å². The number of anilines is 1. The number of carbonyl (C=O) groups is 1. The van der Waals surface area contributed by atoms with Crippen LogP contribution in [0.1, 0.15) is 16.8 Å². The first-order valence-electron chi connectivity index (χ1n) is 6.38. The molecule has 0 aliphatic carbocycles. The first kappa shape index (κ1) is 20.9. The zero-order valence-electron chi connectivity index (χ0n) is 12.3. The van der Waals surface area contributed by atoms with Gasteiger partial charge in [0.25, 0.3) is 0 Å². The van der Waals surface area contributed by atoms with Crippen molar-refractivity contribution in [1.82, 2.24) is 4.90 Å². The maximum absolute atomic E-state index is 11.8. The van der Waals surface area contributed by atoms with Crippen LogP contribution in [-0.2, 0) is 52.4 Å². The van der Waals surface area contributed by atoms with E-state index in [9.17, 15) is 4.79 Å². The Labute approximate surface area is 153 Å². The molecule has 0 atom stereocenters. The molecule has 4 nitrogen and oxygen atoms in total. The third kappa shape index (κ3) is 7.63. The number of benzene rings is 1. The summed E-state index contributed by atoms with van der Waals surface area (Å²) in [5.74, 6) is -0.300. The topological polar surface area (TPSA) is 32.8 Å². The molecule has 1 rings (SSSR count). The molecule has 0 aromatic heterocycles. The number of rotatable bonds is 7. The summed E-state index contributed by atoms with van der Waals surface area (Å²) in [6.45, 7) is 1.10. The summed E-state index contributed by atoms with van der Waals surface area (Å²) in [6.07, 6.45) is 0.724. The summed E-state index contributed by atoms with van der Waals surface area (Å²) in [6, 6.07) is 7.32. The maximum atomic E-state index is 11.8. The predicted molar refractivity (Wildman–Crippen MR) is 86.8 cm³/mol. The summed E-state index contributed by atoms with van der Waals surface area (Å²) in [4.78, 5) is 15.7. The van der Waals surface area contributed by atoms with Crippen molar-refractivity contribution in [1.29, 1.82) is 0 Å². The fourth-order valence-corrected chi connectivity index (χ4v) is 1.77. The largest absolute Gasteiger partial charge is 0.800 e. The van der Waals surface area contributed by atoms with Crippen molar-refractivity contribution >= 4 is 36.9 Å². The fraction of sp³-hybridized carbons (Fsp3) is 0.500. The monoisotopic (exact) mass is 509 g/mol. The molecule has 1 aromatic carbocycles. The Kier molecular flexibility index (Phi) is 10.5. The molecule has 0 aliphatic rings. The van der Waals surface area contributed by atoms with E-state index in [2.05, 4.69) is 0 Å². The molecule has 0 saturated carbocycles. The summed E-state index contributed by atoms with van der Waals surface area (Å²) < 4.78 is 4.90. The first-order chi connectivity index (χ1) is 9.41. The van der Waals surface area contributed by atoms with Crippen molar-refractivity contribution in [3.8, 4) is 0 Å². The summed E-state index contributed by atoms with van der Waals surface area (Å²) >= 11 is 9.88. The first-order valence-corrected chi connectivity index (χ1v) is 7.32. The van der Waals surface area contributed by atoms with Gasteiger partial charge >= 0.3 is 5.97 Å². The van der Waals surface area contributed by atoms with Crippen molar-refractivity contribution in [2.75, 3.05) is 39.2 Å². The van der Waals surface area contributed by atoms with Gasteiger partial charge < -0.3 is 39.8 Å². The molecule has 0 unspecified atom stereocenters. The van der Waals surface area contributed by atoms with Crippen LogP contribution in [0.25, 0.3) is 0 Å². The normalized spacial score (nSPS) is 10.4. The fourth-order valence-electron chi connectivity index (χ4n) is 1.56. The molecular weight excluding hydrogens is 489 g/mol.